The molecule has 0 bridgehead atoms. The first kappa shape index (κ1) is 15.2. The summed E-state index contributed by atoms with van der Waals surface area (Å²) >= 11 is 0. The second kappa shape index (κ2) is 7.58. The number of nitrogens with one attached hydrogen (secondary N) is 2. The van der Waals surface area contributed by atoms with Crippen LogP contribution in [0.15, 0.2) is 42.5 Å². The molecule has 0 aliphatic carbocycles. The molecule has 0 aliphatic heterocycles. The topological polar surface area (TPSA) is 33.3 Å². The minimum Gasteiger partial charge on any atom is -0.494 e. The number of benzene rings is 2. The number of hydrogen-bond acceptors (Lipinski definition) is 3. The molecular formula is C18H24N2O. The summed E-state index contributed by atoms with van der Waals surface area (Å²) in [5.74, 6) is 0.908. The van der Waals surface area contributed by atoms with Crippen molar-refractivity contribution in [1.29, 1.82) is 0 Å². The lowest BCUT2D eigenvalue weighted by atomic mass is 10.1. The van der Waals surface area contributed by atoms with E-state index < -0.39 is 0 Å². The normalized spacial score (nSPS) is 10.2. The van der Waals surface area contributed by atoms with Crippen LogP contribution in [0.2, 0.25) is 0 Å². The molecule has 112 valence electrons. The third-order valence-electron chi connectivity index (χ3n) is 3.38. The van der Waals surface area contributed by atoms with Crippen LogP contribution in [0.25, 0.3) is 0 Å². The monoisotopic (exact) mass is 284 g/mol. The van der Waals surface area contributed by atoms with Crippen LogP contribution >= 0.6 is 0 Å². The van der Waals surface area contributed by atoms with E-state index in [0.717, 1.165) is 24.5 Å². The average molecular weight is 284 g/mol. The first-order valence-electron chi connectivity index (χ1n) is 7.47. The average Bonchev–Trinajstić information content (AvgIpc) is 2.47. The third-order valence-corrected chi connectivity index (χ3v) is 3.38. The second-order valence-electron chi connectivity index (χ2n) is 5.08. The molecule has 0 amide bonds. The molecule has 0 fully saturated rings. The van der Waals surface area contributed by atoms with Gasteiger partial charge in [0.1, 0.15) is 5.75 Å². The van der Waals surface area contributed by atoms with Crippen molar-refractivity contribution in [1.82, 2.24) is 0 Å². The highest BCUT2D eigenvalue weighted by Crippen LogP contribution is 2.19. The highest BCUT2D eigenvalue weighted by molar-refractivity contribution is 5.56. The highest BCUT2D eigenvalue weighted by atomic mass is 16.5. The maximum absolute atomic E-state index is 5.50. The largest absolute Gasteiger partial charge is 0.494 e. The van der Waals surface area contributed by atoms with Crippen molar-refractivity contribution in [3.8, 4) is 5.75 Å². The van der Waals surface area contributed by atoms with Crippen LogP contribution < -0.4 is 15.4 Å². The van der Waals surface area contributed by atoms with Crippen molar-refractivity contribution in [2.75, 3.05) is 30.3 Å². The summed E-state index contributed by atoms with van der Waals surface area (Å²) in [6, 6.07) is 14.4. The zero-order chi connectivity index (χ0) is 15.1. The summed E-state index contributed by atoms with van der Waals surface area (Å²) in [5.41, 5.74) is 4.90. The van der Waals surface area contributed by atoms with Crippen molar-refractivity contribution in [2.45, 2.75) is 20.8 Å². The quantitative estimate of drug-likeness (QED) is 0.747. The second-order valence-corrected chi connectivity index (χ2v) is 5.08. The first-order chi connectivity index (χ1) is 10.2. The van der Waals surface area contributed by atoms with Gasteiger partial charge in [-0.1, -0.05) is 24.3 Å². The van der Waals surface area contributed by atoms with E-state index in [9.17, 15) is 0 Å². The Morgan fingerprint density at radius 3 is 2.29 bits per heavy atom. The molecule has 0 spiro atoms. The van der Waals surface area contributed by atoms with Crippen molar-refractivity contribution < 1.29 is 4.74 Å². The van der Waals surface area contributed by atoms with Gasteiger partial charge < -0.3 is 15.4 Å². The molecule has 0 atom stereocenters. The zero-order valence-electron chi connectivity index (χ0n) is 13.1. The van der Waals surface area contributed by atoms with Gasteiger partial charge in [0.2, 0.25) is 0 Å². The van der Waals surface area contributed by atoms with Gasteiger partial charge in [-0.2, -0.15) is 0 Å². The van der Waals surface area contributed by atoms with Crippen molar-refractivity contribution in [3.05, 3.63) is 53.6 Å². The van der Waals surface area contributed by atoms with Gasteiger partial charge in [0.25, 0.3) is 0 Å². The van der Waals surface area contributed by atoms with E-state index >= 15 is 0 Å². The Kier molecular flexibility index (Phi) is 5.50. The SMILES string of the molecule is CCOc1cccc(NCCNc2c(C)cccc2C)c1. The maximum Gasteiger partial charge on any atom is 0.121 e. The summed E-state index contributed by atoms with van der Waals surface area (Å²) in [5, 5.41) is 6.91. The number of hydrogen-bond donors (Lipinski definition) is 2. The first-order valence-corrected chi connectivity index (χ1v) is 7.47. The van der Waals surface area contributed by atoms with Crippen LogP contribution in [0.5, 0.6) is 5.75 Å². The Morgan fingerprint density at radius 1 is 0.905 bits per heavy atom. The Bertz CT molecular complexity index is 561. The summed E-state index contributed by atoms with van der Waals surface area (Å²) in [6.07, 6.45) is 0. The molecule has 2 rings (SSSR count). The van der Waals surface area contributed by atoms with Crippen LogP contribution in [0.3, 0.4) is 0 Å². The van der Waals surface area contributed by atoms with Gasteiger partial charge in [0.15, 0.2) is 0 Å². The molecule has 3 nitrogen and oxygen atoms in total. The fourth-order valence-electron chi connectivity index (χ4n) is 2.35. The molecule has 0 aliphatic rings. The molecule has 2 aromatic rings. The van der Waals surface area contributed by atoms with Crippen molar-refractivity contribution >= 4 is 11.4 Å². The Balaban J connectivity index is 1.83. The molecule has 0 saturated heterocycles. The lowest BCUT2D eigenvalue weighted by molar-refractivity contribution is 0.340. The molecule has 21 heavy (non-hydrogen) atoms. The van der Waals surface area contributed by atoms with Gasteiger partial charge in [-0.05, 0) is 44.0 Å². The molecule has 0 unspecified atom stereocenters. The van der Waals surface area contributed by atoms with Crippen LogP contribution in [-0.4, -0.2) is 19.7 Å². The minimum absolute atomic E-state index is 0.692. The van der Waals surface area contributed by atoms with Crippen LogP contribution in [0, 0.1) is 13.8 Å². The molecule has 0 radical (unpaired) electrons. The van der Waals surface area contributed by atoms with Gasteiger partial charge in [0.05, 0.1) is 6.61 Å². The molecule has 2 aromatic carbocycles. The summed E-state index contributed by atoms with van der Waals surface area (Å²) in [7, 11) is 0. The van der Waals surface area contributed by atoms with Gasteiger partial charge in [-0.15, -0.1) is 0 Å². The highest BCUT2D eigenvalue weighted by Gasteiger charge is 2.00. The Morgan fingerprint density at radius 2 is 1.57 bits per heavy atom. The molecule has 0 heterocycles. The third kappa shape index (κ3) is 4.42. The van der Waals surface area contributed by atoms with E-state index in [-0.39, 0.29) is 0 Å². The van der Waals surface area contributed by atoms with Crippen LogP contribution in [0.1, 0.15) is 18.1 Å². The maximum atomic E-state index is 5.50. The van der Waals surface area contributed by atoms with Gasteiger partial charge >= 0.3 is 0 Å². The summed E-state index contributed by atoms with van der Waals surface area (Å²) in [4.78, 5) is 0. The van der Waals surface area contributed by atoms with Crippen molar-refractivity contribution in [2.24, 2.45) is 0 Å². The lowest BCUT2D eigenvalue weighted by Gasteiger charge is -2.13. The lowest BCUT2D eigenvalue weighted by Crippen LogP contribution is -2.14. The predicted molar refractivity (Wildman–Crippen MR) is 90.5 cm³/mol. The van der Waals surface area contributed by atoms with Gasteiger partial charge in [0, 0.05) is 30.5 Å². The minimum atomic E-state index is 0.692. The van der Waals surface area contributed by atoms with E-state index in [1.807, 2.05) is 25.1 Å². The number of rotatable bonds is 7. The number of anilines is 2. The van der Waals surface area contributed by atoms with E-state index in [2.05, 4.69) is 48.7 Å². The Labute approximate surface area is 127 Å². The van der Waals surface area contributed by atoms with Gasteiger partial charge in [-0.25, -0.2) is 0 Å². The molecule has 2 N–H and O–H groups in total. The standard InChI is InChI=1S/C18H24N2O/c1-4-21-17-10-6-9-16(13-17)19-11-12-20-18-14(2)7-5-8-15(18)3/h5-10,13,19-20H,4,11-12H2,1-3H3. The molecule has 0 aromatic heterocycles. The van der Waals surface area contributed by atoms with E-state index in [4.69, 9.17) is 4.74 Å². The van der Waals surface area contributed by atoms with Crippen LogP contribution in [0.4, 0.5) is 11.4 Å². The number of ether oxygens (including phenoxy) is 1. The molecule has 0 saturated carbocycles. The fourth-order valence-corrected chi connectivity index (χ4v) is 2.35. The van der Waals surface area contributed by atoms with E-state index in [1.165, 1.54) is 16.8 Å². The van der Waals surface area contributed by atoms with Crippen molar-refractivity contribution in [3.63, 3.8) is 0 Å². The predicted octanol–water partition coefficient (Wildman–Crippen LogP) is 4.23. The number of para-hydroxylation sites is 1. The van der Waals surface area contributed by atoms with Crippen LogP contribution in [-0.2, 0) is 0 Å². The van der Waals surface area contributed by atoms with E-state index in [0.29, 0.717) is 6.61 Å². The summed E-state index contributed by atoms with van der Waals surface area (Å²) < 4.78 is 5.50. The molecular weight excluding hydrogens is 260 g/mol. The fraction of sp³-hybridized carbons (Fsp3) is 0.333. The Hall–Kier alpha value is -2.16. The smallest absolute Gasteiger partial charge is 0.121 e. The number of aryl methyl sites for hydroxylation is 2. The van der Waals surface area contributed by atoms with E-state index in [1.54, 1.807) is 0 Å². The summed E-state index contributed by atoms with van der Waals surface area (Å²) in [6.45, 7) is 8.70. The van der Waals surface area contributed by atoms with Gasteiger partial charge in [-0.3, -0.25) is 0 Å². The zero-order valence-corrected chi connectivity index (χ0v) is 13.1. The molecule has 3 heteroatoms.